The quantitative estimate of drug-likeness (QED) is 0.233. The second-order valence-electron chi connectivity index (χ2n) is 10.0. The Kier molecular flexibility index (Phi) is 7.52. The van der Waals surface area contributed by atoms with Crippen molar-refractivity contribution in [2.75, 3.05) is 13.2 Å². The Labute approximate surface area is 176 Å². The summed E-state index contributed by atoms with van der Waals surface area (Å²) < 4.78 is 23.8. The molecule has 0 bridgehead atoms. The highest BCUT2D eigenvalue weighted by Crippen LogP contribution is 2.39. The third-order valence-corrected chi connectivity index (χ3v) is 10.6. The molecule has 0 spiro atoms. The lowest BCUT2D eigenvalue weighted by Crippen LogP contribution is -2.44. The fourth-order valence-corrected chi connectivity index (χ4v) is 4.37. The summed E-state index contributed by atoms with van der Waals surface area (Å²) in [6.45, 7) is 17.1. The summed E-state index contributed by atoms with van der Waals surface area (Å²) in [5, 5.41) is 0.0730. The summed E-state index contributed by atoms with van der Waals surface area (Å²) >= 11 is 0. The highest BCUT2D eigenvalue weighted by molar-refractivity contribution is 6.74. The first-order valence-electron chi connectivity index (χ1n) is 10.7. The molecule has 0 aromatic rings. The molecule has 0 N–H and O–H groups in total. The van der Waals surface area contributed by atoms with Crippen molar-refractivity contribution in [2.45, 2.75) is 103 Å². The maximum absolute atomic E-state index is 12.7. The van der Waals surface area contributed by atoms with Gasteiger partial charge in [0.15, 0.2) is 19.9 Å². The summed E-state index contributed by atoms with van der Waals surface area (Å²) in [5.41, 5.74) is 0.760. The van der Waals surface area contributed by atoms with E-state index in [1.165, 1.54) is 0 Å². The average molecular weight is 427 g/mol. The van der Waals surface area contributed by atoms with E-state index in [4.69, 9.17) is 18.6 Å². The van der Waals surface area contributed by atoms with Crippen LogP contribution < -0.4 is 0 Å². The van der Waals surface area contributed by atoms with E-state index in [-0.39, 0.29) is 29.1 Å². The number of hydrogen-bond acceptors (Lipinski definition) is 6. The smallest absolute Gasteiger partial charge is 0.342 e. The molecular formula is C22H38O6Si. The van der Waals surface area contributed by atoms with E-state index in [9.17, 15) is 9.59 Å². The molecule has 0 aliphatic carbocycles. The minimum Gasteiger partial charge on any atom is -0.457 e. The normalized spacial score (nSPS) is 24.9. The van der Waals surface area contributed by atoms with Crippen LogP contribution >= 0.6 is 0 Å². The Bertz CT molecular complexity index is 659. The Morgan fingerprint density at radius 3 is 2.45 bits per heavy atom. The molecule has 166 valence electrons. The maximum Gasteiger partial charge on any atom is 0.342 e. The van der Waals surface area contributed by atoms with Crippen LogP contribution in [0.5, 0.6) is 0 Å². The van der Waals surface area contributed by atoms with E-state index in [2.05, 4.69) is 40.8 Å². The second-order valence-corrected chi connectivity index (χ2v) is 14.8. The summed E-state index contributed by atoms with van der Waals surface area (Å²) in [4.78, 5) is 25.0. The van der Waals surface area contributed by atoms with E-state index in [0.29, 0.717) is 18.6 Å². The minimum atomic E-state index is -1.98. The monoisotopic (exact) mass is 426 g/mol. The number of hydrogen-bond donors (Lipinski definition) is 0. The maximum atomic E-state index is 12.7. The van der Waals surface area contributed by atoms with Gasteiger partial charge in [0, 0.05) is 12.0 Å². The van der Waals surface area contributed by atoms with Crippen LogP contribution in [0.1, 0.15) is 67.2 Å². The van der Waals surface area contributed by atoms with Crippen molar-refractivity contribution in [3.05, 3.63) is 11.1 Å². The van der Waals surface area contributed by atoms with Crippen molar-refractivity contribution in [3.63, 3.8) is 0 Å². The van der Waals surface area contributed by atoms with E-state index in [1.54, 1.807) is 0 Å². The predicted molar refractivity (Wildman–Crippen MR) is 114 cm³/mol. The van der Waals surface area contributed by atoms with Crippen molar-refractivity contribution in [3.8, 4) is 0 Å². The van der Waals surface area contributed by atoms with Crippen molar-refractivity contribution < 1.29 is 28.2 Å². The van der Waals surface area contributed by atoms with Crippen LogP contribution in [0.25, 0.3) is 0 Å². The zero-order valence-electron chi connectivity index (χ0n) is 19.3. The first-order valence-corrected chi connectivity index (χ1v) is 13.6. The van der Waals surface area contributed by atoms with Gasteiger partial charge >= 0.3 is 5.97 Å². The van der Waals surface area contributed by atoms with Crippen LogP contribution in [0.2, 0.25) is 18.1 Å². The zero-order chi connectivity index (χ0) is 22.0. The highest BCUT2D eigenvalue weighted by atomic mass is 28.4. The van der Waals surface area contributed by atoms with E-state index < -0.39 is 26.2 Å². The first kappa shape index (κ1) is 24.2. The van der Waals surface area contributed by atoms with Crippen LogP contribution in [-0.2, 0) is 28.2 Å². The van der Waals surface area contributed by atoms with Crippen LogP contribution in [0.3, 0.4) is 0 Å². The molecule has 1 fully saturated rings. The molecule has 2 atom stereocenters. The van der Waals surface area contributed by atoms with Crippen LogP contribution in [0.4, 0.5) is 0 Å². The Balaban J connectivity index is 2.23. The van der Waals surface area contributed by atoms with Gasteiger partial charge in [0.1, 0.15) is 24.4 Å². The van der Waals surface area contributed by atoms with Gasteiger partial charge in [-0.25, -0.2) is 4.79 Å². The van der Waals surface area contributed by atoms with Crippen LogP contribution in [-0.4, -0.2) is 51.3 Å². The number of ether oxygens (including phenoxy) is 3. The lowest BCUT2D eigenvalue weighted by Gasteiger charge is -2.37. The number of ketones is 1. The topological polar surface area (TPSA) is 71.1 Å². The molecular weight excluding hydrogens is 388 g/mol. The molecule has 7 heteroatoms. The largest absolute Gasteiger partial charge is 0.457 e. The third kappa shape index (κ3) is 5.78. The molecule has 1 saturated heterocycles. The van der Waals surface area contributed by atoms with Crippen molar-refractivity contribution in [1.29, 1.82) is 0 Å². The summed E-state index contributed by atoms with van der Waals surface area (Å²) in [5.74, 6) is -1.52. The lowest BCUT2D eigenvalue weighted by molar-refractivity contribution is -0.146. The van der Waals surface area contributed by atoms with Gasteiger partial charge in [-0.2, -0.15) is 0 Å². The molecule has 0 aromatic carbocycles. The van der Waals surface area contributed by atoms with E-state index in [0.717, 1.165) is 19.3 Å². The molecule has 0 saturated carbocycles. The van der Waals surface area contributed by atoms with Gasteiger partial charge in [-0.1, -0.05) is 40.5 Å². The molecule has 0 aromatic heterocycles. The summed E-state index contributed by atoms with van der Waals surface area (Å²) in [7, 11) is -1.98. The average Bonchev–Trinajstić information content (AvgIpc) is 3.11. The number of unbranched alkanes of at least 4 members (excludes halogenated alkanes) is 2. The minimum absolute atomic E-state index is 0.0730. The Morgan fingerprint density at radius 2 is 1.86 bits per heavy atom. The van der Waals surface area contributed by atoms with Crippen molar-refractivity contribution in [2.24, 2.45) is 0 Å². The van der Waals surface area contributed by atoms with Crippen LogP contribution in [0.15, 0.2) is 11.1 Å². The van der Waals surface area contributed by atoms with Gasteiger partial charge in [0.25, 0.3) is 0 Å². The molecule has 29 heavy (non-hydrogen) atoms. The van der Waals surface area contributed by atoms with Crippen LogP contribution in [0, 0.1) is 0 Å². The molecule has 0 amide bonds. The number of carbonyl (C=O) groups excluding carboxylic acids is 2. The number of esters is 1. The highest BCUT2D eigenvalue weighted by Gasteiger charge is 2.48. The molecule has 2 heterocycles. The second kappa shape index (κ2) is 9.00. The van der Waals surface area contributed by atoms with Crippen molar-refractivity contribution >= 4 is 20.1 Å². The molecule has 0 radical (unpaired) electrons. The number of cyclic esters (lactones) is 1. The molecule has 2 aliphatic heterocycles. The standard InChI is InChI=1S/C22H38O6Si/c1-9-10-11-12-16(23)18-15(13-25-20(18)24)19-17(27-22(5,6)28-19)14-26-29(7,8)21(2,3)4/h17,19H,9-14H2,1-8H3/t17-,19-/m0/s1. The first-order chi connectivity index (χ1) is 13.3. The SMILES string of the molecule is CCCCCC(=O)C1=C([C@@H]2OC(C)(C)O[C@H]2CO[Si](C)(C)C(C)(C)C)COC1=O. The van der Waals surface area contributed by atoms with Gasteiger partial charge in [0.05, 0.1) is 6.61 Å². The molecule has 2 aliphatic rings. The summed E-state index contributed by atoms with van der Waals surface area (Å²) in [6.07, 6.45) is 2.19. The zero-order valence-corrected chi connectivity index (χ0v) is 20.3. The Morgan fingerprint density at radius 1 is 1.21 bits per heavy atom. The molecule has 6 nitrogen and oxygen atoms in total. The van der Waals surface area contributed by atoms with Gasteiger partial charge in [-0.3, -0.25) is 4.79 Å². The summed E-state index contributed by atoms with van der Waals surface area (Å²) in [6, 6.07) is 0. The predicted octanol–water partition coefficient (Wildman–Crippen LogP) is 4.53. The number of carbonyl (C=O) groups is 2. The fraction of sp³-hybridized carbons (Fsp3) is 0.818. The van der Waals surface area contributed by atoms with Gasteiger partial charge in [-0.15, -0.1) is 0 Å². The lowest BCUT2D eigenvalue weighted by atomic mass is 9.96. The van der Waals surface area contributed by atoms with Gasteiger partial charge in [-0.05, 0) is 38.4 Å². The molecule has 0 unspecified atom stereocenters. The van der Waals surface area contributed by atoms with E-state index in [1.807, 2.05) is 13.8 Å². The number of rotatable bonds is 9. The van der Waals surface area contributed by atoms with Crippen molar-refractivity contribution in [1.82, 2.24) is 0 Å². The third-order valence-electron chi connectivity index (χ3n) is 6.11. The van der Waals surface area contributed by atoms with E-state index >= 15 is 0 Å². The molecule has 2 rings (SSSR count). The number of Topliss-reactive ketones (excluding diaryl/α,β-unsaturated/α-hetero) is 1. The Hall–Kier alpha value is -1.02. The fourth-order valence-electron chi connectivity index (χ4n) is 3.36. The van der Waals surface area contributed by atoms with Gasteiger partial charge < -0.3 is 18.6 Å². The van der Waals surface area contributed by atoms with Gasteiger partial charge in [0.2, 0.25) is 0 Å².